The average molecular weight is 333 g/mol. The van der Waals surface area contributed by atoms with E-state index in [-0.39, 0.29) is 12.5 Å². The average Bonchev–Trinajstić information content (AvgIpc) is 3.09. The molecular weight excluding hydrogens is 310 g/mol. The SMILES string of the molecule is CCOC(=O)CN(C)CCC(O)(c1ccccc1)c1cccs1. The molecular formula is C18H23NO3S. The van der Waals surface area contributed by atoms with Crippen molar-refractivity contribution in [1.29, 1.82) is 0 Å². The van der Waals surface area contributed by atoms with Crippen molar-refractivity contribution in [3.63, 3.8) is 0 Å². The Bertz CT molecular complexity index is 600. The van der Waals surface area contributed by atoms with Crippen molar-refractivity contribution in [3.05, 3.63) is 58.3 Å². The number of hydrogen-bond donors (Lipinski definition) is 1. The van der Waals surface area contributed by atoms with Crippen LogP contribution in [0.25, 0.3) is 0 Å². The number of benzene rings is 1. The lowest BCUT2D eigenvalue weighted by molar-refractivity contribution is -0.144. The predicted molar refractivity (Wildman–Crippen MR) is 92.5 cm³/mol. The van der Waals surface area contributed by atoms with Gasteiger partial charge in [0.1, 0.15) is 5.60 Å². The first kappa shape index (κ1) is 17.7. The highest BCUT2D eigenvalue weighted by Gasteiger charge is 2.32. The van der Waals surface area contributed by atoms with Crippen molar-refractivity contribution >= 4 is 17.3 Å². The number of rotatable bonds is 8. The molecule has 1 unspecified atom stereocenters. The van der Waals surface area contributed by atoms with Crippen molar-refractivity contribution in [3.8, 4) is 0 Å². The van der Waals surface area contributed by atoms with Gasteiger partial charge in [-0.3, -0.25) is 9.69 Å². The van der Waals surface area contributed by atoms with E-state index in [4.69, 9.17) is 4.74 Å². The Morgan fingerprint density at radius 1 is 1.26 bits per heavy atom. The van der Waals surface area contributed by atoms with Crippen molar-refractivity contribution < 1.29 is 14.6 Å². The number of likely N-dealkylation sites (N-methyl/N-ethyl adjacent to an activating group) is 1. The highest BCUT2D eigenvalue weighted by Crippen LogP contribution is 2.35. The third kappa shape index (κ3) is 4.64. The van der Waals surface area contributed by atoms with Crippen LogP contribution in [0.4, 0.5) is 0 Å². The number of thiophene rings is 1. The number of aliphatic hydroxyl groups is 1. The number of carbonyl (C=O) groups excluding carboxylic acids is 1. The fourth-order valence-corrected chi connectivity index (χ4v) is 3.37. The van der Waals surface area contributed by atoms with E-state index in [9.17, 15) is 9.90 Å². The predicted octanol–water partition coefficient (Wildman–Crippen LogP) is 2.87. The Kier molecular flexibility index (Phi) is 6.33. The van der Waals surface area contributed by atoms with Crippen LogP contribution in [0, 0.1) is 0 Å². The summed E-state index contributed by atoms with van der Waals surface area (Å²) in [6.45, 7) is 2.99. The summed E-state index contributed by atoms with van der Waals surface area (Å²) in [5.41, 5.74) is -0.176. The second-order valence-electron chi connectivity index (χ2n) is 5.50. The third-order valence-electron chi connectivity index (χ3n) is 3.74. The molecule has 0 radical (unpaired) electrons. The van der Waals surface area contributed by atoms with Crippen LogP contribution in [0.15, 0.2) is 47.8 Å². The molecule has 0 saturated heterocycles. The zero-order valence-electron chi connectivity index (χ0n) is 13.6. The second kappa shape index (κ2) is 8.24. The molecule has 0 spiro atoms. The fourth-order valence-electron chi connectivity index (χ4n) is 2.50. The maximum Gasteiger partial charge on any atom is 0.320 e. The number of esters is 1. The smallest absolute Gasteiger partial charge is 0.320 e. The van der Waals surface area contributed by atoms with Crippen LogP contribution in [0.5, 0.6) is 0 Å². The molecule has 1 atom stereocenters. The van der Waals surface area contributed by atoms with Gasteiger partial charge in [-0.05, 0) is 37.4 Å². The van der Waals surface area contributed by atoms with Crippen LogP contribution in [-0.2, 0) is 15.1 Å². The molecule has 124 valence electrons. The van der Waals surface area contributed by atoms with E-state index in [0.29, 0.717) is 19.6 Å². The first-order valence-electron chi connectivity index (χ1n) is 7.72. The van der Waals surface area contributed by atoms with E-state index in [0.717, 1.165) is 10.4 Å². The molecule has 2 rings (SSSR count). The van der Waals surface area contributed by atoms with Crippen LogP contribution in [0.1, 0.15) is 23.8 Å². The lowest BCUT2D eigenvalue weighted by Gasteiger charge is -2.29. The van der Waals surface area contributed by atoms with Gasteiger partial charge in [0, 0.05) is 11.4 Å². The Labute approximate surface area is 141 Å². The lowest BCUT2D eigenvalue weighted by Crippen LogP contribution is -2.34. The van der Waals surface area contributed by atoms with E-state index >= 15 is 0 Å². The minimum atomic E-state index is -1.04. The largest absolute Gasteiger partial charge is 0.465 e. The molecule has 1 aromatic carbocycles. The van der Waals surface area contributed by atoms with E-state index in [1.807, 2.05) is 59.8 Å². The normalized spacial score (nSPS) is 13.7. The van der Waals surface area contributed by atoms with Gasteiger partial charge in [-0.25, -0.2) is 0 Å². The number of nitrogens with zero attached hydrogens (tertiary/aromatic N) is 1. The summed E-state index contributed by atoms with van der Waals surface area (Å²) in [7, 11) is 1.86. The first-order valence-corrected chi connectivity index (χ1v) is 8.60. The summed E-state index contributed by atoms with van der Waals surface area (Å²) in [6, 6.07) is 13.5. The van der Waals surface area contributed by atoms with E-state index in [2.05, 4.69) is 0 Å². The Balaban J connectivity index is 2.09. The van der Waals surface area contributed by atoms with Gasteiger partial charge in [0.2, 0.25) is 0 Å². The van der Waals surface area contributed by atoms with Gasteiger partial charge in [-0.15, -0.1) is 11.3 Å². The molecule has 2 aromatic rings. The summed E-state index contributed by atoms with van der Waals surface area (Å²) in [4.78, 5) is 14.3. The number of ether oxygens (including phenoxy) is 1. The minimum absolute atomic E-state index is 0.225. The Morgan fingerprint density at radius 3 is 2.61 bits per heavy atom. The molecule has 1 heterocycles. The van der Waals surface area contributed by atoms with Gasteiger partial charge in [0.15, 0.2) is 0 Å². The first-order chi connectivity index (χ1) is 11.1. The number of hydrogen-bond acceptors (Lipinski definition) is 5. The van der Waals surface area contributed by atoms with Crippen molar-refractivity contribution in [2.24, 2.45) is 0 Å². The summed E-state index contributed by atoms with van der Waals surface area (Å²) in [5, 5.41) is 13.3. The summed E-state index contributed by atoms with van der Waals surface area (Å²) < 4.78 is 4.96. The Morgan fingerprint density at radius 2 is 2.00 bits per heavy atom. The molecule has 0 aliphatic carbocycles. The third-order valence-corrected chi connectivity index (χ3v) is 4.76. The topological polar surface area (TPSA) is 49.8 Å². The van der Waals surface area contributed by atoms with Gasteiger partial charge < -0.3 is 9.84 Å². The quantitative estimate of drug-likeness (QED) is 0.755. The van der Waals surface area contributed by atoms with Crippen molar-refractivity contribution in [1.82, 2.24) is 4.90 Å². The second-order valence-corrected chi connectivity index (χ2v) is 6.44. The highest BCUT2D eigenvalue weighted by atomic mass is 32.1. The summed E-state index contributed by atoms with van der Waals surface area (Å²) in [5.74, 6) is -0.241. The molecule has 0 aliphatic heterocycles. The van der Waals surface area contributed by atoms with Crippen molar-refractivity contribution in [2.45, 2.75) is 18.9 Å². The molecule has 0 fully saturated rings. The van der Waals surface area contributed by atoms with Crippen molar-refractivity contribution in [2.75, 3.05) is 26.7 Å². The minimum Gasteiger partial charge on any atom is -0.465 e. The standard InChI is InChI=1S/C18H23NO3S/c1-3-22-17(20)14-19(2)12-11-18(21,16-10-7-13-23-16)15-8-5-4-6-9-15/h4-10,13,21H,3,11-12,14H2,1-2H3. The fraction of sp³-hybridized carbons (Fsp3) is 0.389. The van der Waals surface area contributed by atoms with Gasteiger partial charge in [-0.2, -0.15) is 0 Å². The molecule has 1 aromatic heterocycles. The van der Waals surface area contributed by atoms with Gasteiger partial charge >= 0.3 is 5.97 Å². The molecule has 0 amide bonds. The molecule has 0 bridgehead atoms. The zero-order chi connectivity index (χ0) is 16.7. The van der Waals surface area contributed by atoms with E-state index in [1.54, 1.807) is 6.92 Å². The highest BCUT2D eigenvalue weighted by molar-refractivity contribution is 7.10. The summed E-state index contributed by atoms with van der Waals surface area (Å²) in [6.07, 6.45) is 0.507. The van der Waals surface area contributed by atoms with Crippen LogP contribution >= 0.6 is 11.3 Å². The summed E-state index contributed by atoms with van der Waals surface area (Å²) >= 11 is 1.54. The van der Waals surface area contributed by atoms with Gasteiger partial charge in [0.05, 0.1) is 13.2 Å². The van der Waals surface area contributed by atoms with Crippen LogP contribution in [0.2, 0.25) is 0 Å². The molecule has 23 heavy (non-hydrogen) atoms. The van der Waals surface area contributed by atoms with E-state index < -0.39 is 5.60 Å². The molecule has 4 nitrogen and oxygen atoms in total. The number of carbonyl (C=O) groups is 1. The van der Waals surface area contributed by atoms with E-state index in [1.165, 1.54) is 11.3 Å². The monoisotopic (exact) mass is 333 g/mol. The molecule has 1 N–H and O–H groups in total. The van der Waals surface area contributed by atoms with Crippen LogP contribution < -0.4 is 0 Å². The van der Waals surface area contributed by atoms with Gasteiger partial charge in [-0.1, -0.05) is 36.4 Å². The maximum absolute atomic E-state index is 11.6. The van der Waals surface area contributed by atoms with Gasteiger partial charge in [0.25, 0.3) is 0 Å². The maximum atomic E-state index is 11.6. The van der Waals surface area contributed by atoms with Crippen LogP contribution in [-0.4, -0.2) is 42.7 Å². The zero-order valence-corrected chi connectivity index (χ0v) is 14.4. The van der Waals surface area contributed by atoms with Crippen LogP contribution in [0.3, 0.4) is 0 Å². The Hall–Kier alpha value is -1.69. The molecule has 0 aliphatic rings. The molecule has 5 heteroatoms. The lowest BCUT2D eigenvalue weighted by atomic mass is 9.88. The molecule has 0 saturated carbocycles.